The summed E-state index contributed by atoms with van der Waals surface area (Å²) in [4.78, 5) is 16.2. The number of hydrogen-bond donors (Lipinski definition) is 1. The average Bonchev–Trinajstić information content (AvgIpc) is 2.68. The molecule has 2 aromatic rings. The Morgan fingerprint density at radius 2 is 1.83 bits per heavy atom. The van der Waals surface area contributed by atoms with Crippen molar-refractivity contribution in [2.45, 2.75) is 30.4 Å². The van der Waals surface area contributed by atoms with Crippen molar-refractivity contribution < 1.29 is 26.7 Å². The number of anilines is 1. The monoisotopic (exact) mass is 445 g/mol. The van der Waals surface area contributed by atoms with Gasteiger partial charge in [0.1, 0.15) is 10.6 Å². The number of amides is 1. The Bertz CT molecular complexity index is 904. The first kappa shape index (κ1) is 23.0. The van der Waals surface area contributed by atoms with E-state index in [9.17, 15) is 22.0 Å². The van der Waals surface area contributed by atoms with Crippen LogP contribution in [0.2, 0.25) is 0 Å². The highest BCUT2D eigenvalue weighted by Gasteiger charge is 2.21. The van der Waals surface area contributed by atoms with Crippen LogP contribution >= 0.6 is 11.8 Å². The number of nitrogens with one attached hydrogen (secondary N) is 1. The Balaban J connectivity index is 1.90. The molecule has 0 atom stereocenters. The van der Waals surface area contributed by atoms with Gasteiger partial charge in [-0.2, -0.15) is 13.1 Å². The zero-order chi connectivity index (χ0) is 21.4. The Morgan fingerprint density at radius 3 is 2.34 bits per heavy atom. The number of halogens is 2. The Hall–Kier alpha value is -2.24. The van der Waals surface area contributed by atoms with Gasteiger partial charge in [-0.25, -0.2) is 13.4 Å². The summed E-state index contributed by atoms with van der Waals surface area (Å²) in [6.45, 7) is 1.34. The normalized spacial score (nSPS) is 11.7. The lowest BCUT2D eigenvalue weighted by atomic mass is 10.3. The number of hydrogen-bond acceptors (Lipinski definition) is 6. The highest BCUT2D eigenvalue weighted by molar-refractivity contribution is 7.99. The summed E-state index contributed by atoms with van der Waals surface area (Å²) in [6.07, 6.45) is 1.27. The van der Waals surface area contributed by atoms with Crippen molar-refractivity contribution in [3.8, 4) is 5.75 Å². The number of nitrogens with zero attached hydrogens (tertiary/aromatic N) is 2. The van der Waals surface area contributed by atoms with Crippen molar-refractivity contribution in [1.82, 2.24) is 9.29 Å². The largest absolute Gasteiger partial charge is 0.435 e. The molecule has 0 saturated carbocycles. The van der Waals surface area contributed by atoms with Crippen LogP contribution in [-0.2, 0) is 14.8 Å². The zero-order valence-corrected chi connectivity index (χ0v) is 17.5. The SMILES string of the molecule is CCN(CC)S(=O)(=O)c1ccc(SCC(=O)Nc2ccc(OC(F)F)cc2)nc1. The molecule has 0 spiro atoms. The second kappa shape index (κ2) is 10.5. The summed E-state index contributed by atoms with van der Waals surface area (Å²) in [6, 6.07) is 8.56. The van der Waals surface area contributed by atoms with E-state index in [-0.39, 0.29) is 22.3 Å². The van der Waals surface area contributed by atoms with Gasteiger partial charge in [0.25, 0.3) is 0 Å². The van der Waals surface area contributed by atoms with E-state index in [0.717, 1.165) is 11.8 Å². The minimum atomic E-state index is -3.58. The molecule has 29 heavy (non-hydrogen) atoms. The van der Waals surface area contributed by atoms with Crippen LogP contribution in [0.4, 0.5) is 14.5 Å². The molecule has 1 N–H and O–H groups in total. The van der Waals surface area contributed by atoms with E-state index >= 15 is 0 Å². The topological polar surface area (TPSA) is 88.6 Å². The first-order chi connectivity index (χ1) is 13.8. The third kappa shape index (κ3) is 6.65. The molecule has 1 aromatic heterocycles. The van der Waals surface area contributed by atoms with Gasteiger partial charge in [-0.3, -0.25) is 4.79 Å². The molecule has 158 valence electrons. The highest BCUT2D eigenvalue weighted by Crippen LogP contribution is 2.21. The molecular weight excluding hydrogens is 424 g/mol. The lowest BCUT2D eigenvalue weighted by Gasteiger charge is -2.18. The molecular formula is C18H21F2N3O4S2. The molecule has 0 unspecified atom stereocenters. The van der Waals surface area contributed by atoms with Crippen molar-refractivity contribution in [3.05, 3.63) is 42.6 Å². The summed E-state index contributed by atoms with van der Waals surface area (Å²) in [7, 11) is -3.58. The molecule has 2 rings (SSSR count). The van der Waals surface area contributed by atoms with Gasteiger partial charge < -0.3 is 10.1 Å². The molecule has 0 aliphatic rings. The molecule has 0 aliphatic heterocycles. The van der Waals surface area contributed by atoms with Gasteiger partial charge in [0, 0.05) is 25.0 Å². The smallest absolute Gasteiger partial charge is 0.387 e. The number of thioether (sulfide) groups is 1. The quantitative estimate of drug-likeness (QED) is 0.564. The van der Waals surface area contributed by atoms with Gasteiger partial charge in [-0.15, -0.1) is 0 Å². The van der Waals surface area contributed by atoms with Crippen LogP contribution in [0.5, 0.6) is 5.75 Å². The van der Waals surface area contributed by atoms with E-state index in [4.69, 9.17) is 0 Å². The molecule has 0 saturated heterocycles. The number of sulfonamides is 1. The van der Waals surface area contributed by atoms with E-state index in [1.165, 1.54) is 40.8 Å². The van der Waals surface area contributed by atoms with E-state index in [0.29, 0.717) is 23.8 Å². The number of carbonyl (C=O) groups is 1. The van der Waals surface area contributed by atoms with Gasteiger partial charge >= 0.3 is 6.61 Å². The van der Waals surface area contributed by atoms with Gasteiger partial charge in [0.15, 0.2) is 0 Å². The number of alkyl halides is 2. The number of pyridine rings is 1. The number of ether oxygens (including phenoxy) is 1. The van der Waals surface area contributed by atoms with Crippen LogP contribution in [0.1, 0.15) is 13.8 Å². The van der Waals surface area contributed by atoms with Crippen molar-refractivity contribution in [2.75, 3.05) is 24.2 Å². The Morgan fingerprint density at radius 1 is 1.17 bits per heavy atom. The Labute approximate surface area is 172 Å². The predicted octanol–water partition coefficient (Wildman–Crippen LogP) is 3.44. The maximum atomic E-state index is 12.4. The maximum absolute atomic E-state index is 12.4. The summed E-state index contributed by atoms with van der Waals surface area (Å²) >= 11 is 1.14. The van der Waals surface area contributed by atoms with Crippen molar-refractivity contribution in [3.63, 3.8) is 0 Å². The van der Waals surface area contributed by atoms with Crippen LogP contribution in [0.25, 0.3) is 0 Å². The van der Waals surface area contributed by atoms with E-state index < -0.39 is 16.6 Å². The van der Waals surface area contributed by atoms with Crippen molar-refractivity contribution in [2.24, 2.45) is 0 Å². The summed E-state index contributed by atoms with van der Waals surface area (Å²) < 4.78 is 54.7. The van der Waals surface area contributed by atoms with Crippen molar-refractivity contribution in [1.29, 1.82) is 0 Å². The molecule has 0 aliphatic carbocycles. The fraction of sp³-hybridized carbons (Fsp3) is 0.333. The lowest BCUT2D eigenvalue weighted by molar-refractivity contribution is -0.113. The summed E-state index contributed by atoms with van der Waals surface area (Å²) in [5.74, 6) is -0.278. The van der Waals surface area contributed by atoms with E-state index in [2.05, 4.69) is 15.0 Å². The predicted molar refractivity (Wildman–Crippen MR) is 107 cm³/mol. The third-order valence-electron chi connectivity index (χ3n) is 3.77. The second-order valence-corrected chi connectivity index (χ2v) is 8.59. The standard InChI is InChI=1S/C18H21F2N3O4S2/c1-3-23(4-2)29(25,26)15-9-10-17(21-11-15)28-12-16(24)22-13-5-7-14(8-6-13)27-18(19)20/h5-11,18H,3-4,12H2,1-2H3,(H,22,24). The number of benzene rings is 1. The Kier molecular flexibility index (Phi) is 8.35. The molecule has 0 fully saturated rings. The number of carbonyl (C=O) groups excluding carboxylic acids is 1. The van der Waals surface area contributed by atoms with Crippen LogP contribution in [-0.4, -0.2) is 49.1 Å². The van der Waals surface area contributed by atoms with Crippen molar-refractivity contribution >= 4 is 33.4 Å². The van der Waals surface area contributed by atoms with Gasteiger partial charge in [0.05, 0.1) is 10.8 Å². The van der Waals surface area contributed by atoms with Gasteiger partial charge in [0.2, 0.25) is 15.9 Å². The van der Waals surface area contributed by atoms with Crippen LogP contribution in [0.3, 0.4) is 0 Å². The van der Waals surface area contributed by atoms with E-state index in [1.54, 1.807) is 19.9 Å². The highest BCUT2D eigenvalue weighted by atomic mass is 32.2. The summed E-state index contributed by atoms with van der Waals surface area (Å²) in [5, 5.41) is 3.12. The molecule has 0 radical (unpaired) electrons. The third-order valence-corrected chi connectivity index (χ3v) is 6.74. The average molecular weight is 446 g/mol. The zero-order valence-electron chi connectivity index (χ0n) is 15.8. The molecule has 11 heteroatoms. The van der Waals surface area contributed by atoms with Crippen LogP contribution in [0.15, 0.2) is 52.5 Å². The minimum absolute atomic E-state index is 0.00340. The number of rotatable bonds is 10. The van der Waals surface area contributed by atoms with Gasteiger partial charge in [-0.05, 0) is 36.4 Å². The second-order valence-electron chi connectivity index (χ2n) is 5.66. The van der Waals surface area contributed by atoms with Gasteiger partial charge in [-0.1, -0.05) is 25.6 Å². The minimum Gasteiger partial charge on any atom is -0.435 e. The first-order valence-corrected chi connectivity index (χ1v) is 11.1. The van der Waals surface area contributed by atoms with Crippen LogP contribution < -0.4 is 10.1 Å². The molecule has 1 amide bonds. The molecule has 0 bridgehead atoms. The number of aromatic nitrogens is 1. The lowest BCUT2D eigenvalue weighted by Crippen LogP contribution is -2.30. The maximum Gasteiger partial charge on any atom is 0.387 e. The summed E-state index contributed by atoms with van der Waals surface area (Å²) in [5.41, 5.74) is 0.436. The molecule has 1 aromatic carbocycles. The first-order valence-electron chi connectivity index (χ1n) is 8.70. The van der Waals surface area contributed by atoms with Crippen LogP contribution in [0, 0.1) is 0 Å². The van der Waals surface area contributed by atoms with E-state index in [1.807, 2.05) is 0 Å². The fourth-order valence-corrected chi connectivity index (χ4v) is 4.42. The fourth-order valence-electron chi connectivity index (χ4n) is 2.37. The molecule has 7 nitrogen and oxygen atoms in total. The molecule has 1 heterocycles.